The van der Waals surface area contributed by atoms with Crippen LogP contribution in [-0.4, -0.2) is 50.4 Å². The van der Waals surface area contributed by atoms with Gasteiger partial charge in [0.1, 0.15) is 0 Å². The van der Waals surface area contributed by atoms with E-state index in [0.29, 0.717) is 22.9 Å². The third-order valence-corrected chi connectivity index (χ3v) is 4.50. The summed E-state index contributed by atoms with van der Waals surface area (Å²) in [7, 11) is 1.59. The van der Waals surface area contributed by atoms with Gasteiger partial charge in [0.25, 0.3) is 0 Å². The van der Waals surface area contributed by atoms with E-state index in [1.54, 1.807) is 7.11 Å². The van der Waals surface area contributed by atoms with Gasteiger partial charge in [0.05, 0.1) is 10.7 Å². The van der Waals surface area contributed by atoms with Crippen molar-refractivity contribution in [3.8, 4) is 5.75 Å². The van der Waals surface area contributed by atoms with Crippen molar-refractivity contribution in [1.29, 1.82) is 0 Å². The first kappa shape index (κ1) is 14.5. The van der Waals surface area contributed by atoms with Crippen molar-refractivity contribution in [1.82, 2.24) is 4.90 Å². The number of hydrogen-bond donors (Lipinski definition) is 0. The summed E-state index contributed by atoms with van der Waals surface area (Å²) in [5, 5.41) is 0.585. The molecule has 2 atom stereocenters. The molecular weight excluding hydrogens is 292 g/mol. The van der Waals surface area contributed by atoms with E-state index in [1.165, 1.54) is 0 Å². The van der Waals surface area contributed by atoms with Gasteiger partial charge in [-0.2, -0.15) is 0 Å². The van der Waals surface area contributed by atoms with Crippen LogP contribution in [0.4, 0.5) is 5.69 Å². The van der Waals surface area contributed by atoms with Crippen molar-refractivity contribution in [2.75, 3.05) is 31.9 Å². The fraction of sp³-hybridized carbons (Fsp3) is 0.533. The highest BCUT2D eigenvalue weighted by molar-refractivity contribution is 6.32. The minimum Gasteiger partial charge on any atom is -0.464 e. The second-order valence-corrected chi connectivity index (χ2v) is 5.90. The van der Waals surface area contributed by atoms with Crippen LogP contribution in [0.3, 0.4) is 0 Å². The quantitative estimate of drug-likeness (QED) is 0.617. The van der Waals surface area contributed by atoms with Crippen molar-refractivity contribution in [3.63, 3.8) is 0 Å². The molecule has 0 aromatic heterocycles. The Balaban J connectivity index is 1.90. The minimum atomic E-state index is 0.167. The van der Waals surface area contributed by atoms with Gasteiger partial charge in [-0.15, -0.1) is 0 Å². The second kappa shape index (κ2) is 6.12. The van der Waals surface area contributed by atoms with E-state index in [4.69, 9.17) is 21.1 Å². The molecule has 1 aromatic rings. The lowest BCUT2D eigenvalue weighted by molar-refractivity contribution is -0.119. The number of amides is 1. The van der Waals surface area contributed by atoms with E-state index < -0.39 is 0 Å². The summed E-state index contributed by atoms with van der Waals surface area (Å²) in [5.41, 5.74) is 0.998. The number of ether oxygens (including phenoxy) is 2. The molecule has 21 heavy (non-hydrogen) atoms. The lowest BCUT2D eigenvalue weighted by Crippen LogP contribution is -2.53. The van der Waals surface area contributed by atoms with Crippen molar-refractivity contribution < 1.29 is 14.3 Å². The molecule has 3 rings (SSSR count). The molecule has 0 aliphatic carbocycles. The van der Waals surface area contributed by atoms with Gasteiger partial charge in [-0.3, -0.25) is 4.79 Å². The summed E-state index contributed by atoms with van der Waals surface area (Å²) >= 11 is 6.28. The Hall–Kier alpha value is -1.46. The molecule has 0 radical (unpaired) electrons. The van der Waals surface area contributed by atoms with Gasteiger partial charge in [0.2, 0.25) is 6.41 Å². The van der Waals surface area contributed by atoms with Crippen molar-refractivity contribution in [2.45, 2.75) is 24.9 Å². The van der Waals surface area contributed by atoms with Gasteiger partial charge in [-0.05, 0) is 25.0 Å². The summed E-state index contributed by atoms with van der Waals surface area (Å²) in [5.74, 6) is 0.664. The van der Waals surface area contributed by atoms with Gasteiger partial charge in [0.15, 0.2) is 12.5 Å². The largest absolute Gasteiger partial charge is 0.464 e. The summed E-state index contributed by atoms with van der Waals surface area (Å²) in [4.78, 5) is 15.2. The van der Waals surface area contributed by atoms with E-state index in [-0.39, 0.29) is 6.79 Å². The van der Waals surface area contributed by atoms with Gasteiger partial charge >= 0.3 is 0 Å². The molecule has 0 N–H and O–H groups in total. The molecule has 1 amide bonds. The number of rotatable bonds is 5. The van der Waals surface area contributed by atoms with Crippen molar-refractivity contribution in [2.24, 2.45) is 0 Å². The zero-order valence-corrected chi connectivity index (χ0v) is 12.8. The molecule has 2 fully saturated rings. The molecule has 5 nitrogen and oxygen atoms in total. The molecule has 0 spiro atoms. The van der Waals surface area contributed by atoms with Gasteiger partial charge < -0.3 is 19.3 Å². The average molecular weight is 311 g/mol. The molecule has 2 saturated heterocycles. The van der Waals surface area contributed by atoms with Gasteiger partial charge in [0, 0.05) is 32.3 Å². The molecule has 2 aliphatic heterocycles. The fourth-order valence-electron chi connectivity index (χ4n) is 3.38. The average Bonchev–Trinajstić information content (AvgIpc) is 2.75. The number of hydrogen-bond acceptors (Lipinski definition) is 4. The van der Waals surface area contributed by atoms with Crippen LogP contribution >= 0.6 is 11.6 Å². The van der Waals surface area contributed by atoms with Crippen LogP contribution in [0.2, 0.25) is 5.02 Å². The van der Waals surface area contributed by atoms with E-state index >= 15 is 0 Å². The molecule has 2 heterocycles. The minimum absolute atomic E-state index is 0.167. The maximum Gasteiger partial charge on any atom is 0.209 e. The molecular formula is C15H19ClN2O3. The normalized spacial score (nSPS) is 24.3. The third-order valence-electron chi connectivity index (χ3n) is 4.20. The first-order chi connectivity index (χ1) is 10.2. The van der Waals surface area contributed by atoms with Crippen LogP contribution in [0, 0.1) is 0 Å². The highest BCUT2D eigenvalue weighted by Gasteiger charge is 2.40. The molecule has 2 unspecified atom stereocenters. The number of carbonyl (C=O) groups excluding carboxylic acids is 1. The Bertz CT molecular complexity index is 512. The summed E-state index contributed by atoms with van der Waals surface area (Å²) in [6.07, 6.45) is 3.12. The SMILES string of the molecule is COCOc1c(Cl)cccc1N1C2CCC1CN(C=O)C2. The maximum absolute atomic E-state index is 11.0. The Morgan fingerprint density at radius 2 is 2.05 bits per heavy atom. The number of fused-ring (bicyclic) bond motifs is 2. The number of anilines is 1. The predicted octanol–water partition coefficient (Wildman–Crippen LogP) is 2.13. The van der Waals surface area contributed by atoms with E-state index in [2.05, 4.69) is 4.90 Å². The number of piperazine rings is 1. The number of likely N-dealkylation sites (tertiary alicyclic amines) is 1. The van der Waals surface area contributed by atoms with Gasteiger partial charge in [-0.1, -0.05) is 17.7 Å². The first-order valence-corrected chi connectivity index (χ1v) is 7.50. The van der Waals surface area contributed by atoms with Crippen LogP contribution in [-0.2, 0) is 9.53 Å². The number of carbonyl (C=O) groups is 1. The molecule has 0 saturated carbocycles. The number of para-hydroxylation sites is 1. The fourth-order valence-corrected chi connectivity index (χ4v) is 3.60. The lowest BCUT2D eigenvalue weighted by Gasteiger charge is -2.41. The Morgan fingerprint density at radius 1 is 1.33 bits per heavy atom. The monoisotopic (exact) mass is 310 g/mol. The summed E-state index contributed by atoms with van der Waals surface area (Å²) in [6, 6.07) is 6.44. The Kier molecular flexibility index (Phi) is 4.22. The molecule has 6 heteroatoms. The molecule has 2 bridgehead atoms. The Labute approximate surface area is 129 Å². The summed E-state index contributed by atoms with van der Waals surface area (Å²) < 4.78 is 10.7. The number of nitrogens with zero attached hydrogens (tertiary/aromatic N) is 2. The topological polar surface area (TPSA) is 42.0 Å². The summed E-state index contributed by atoms with van der Waals surface area (Å²) in [6.45, 7) is 1.69. The number of halogens is 1. The third kappa shape index (κ3) is 2.68. The predicted molar refractivity (Wildman–Crippen MR) is 80.9 cm³/mol. The molecule has 2 aliphatic rings. The second-order valence-electron chi connectivity index (χ2n) is 5.49. The zero-order valence-electron chi connectivity index (χ0n) is 12.0. The van der Waals surface area contributed by atoms with Crippen LogP contribution in [0.15, 0.2) is 18.2 Å². The van der Waals surface area contributed by atoms with E-state index in [9.17, 15) is 4.79 Å². The van der Waals surface area contributed by atoms with Crippen molar-refractivity contribution in [3.05, 3.63) is 23.2 Å². The van der Waals surface area contributed by atoms with Gasteiger partial charge in [-0.25, -0.2) is 0 Å². The van der Waals surface area contributed by atoms with Crippen LogP contribution in [0.1, 0.15) is 12.8 Å². The van der Waals surface area contributed by atoms with E-state index in [1.807, 2.05) is 23.1 Å². The Morgan fingerprint density at radius 3 is 2.67 bits per heavy atom. The lowest BCUT2D eigenvalue weighted by atomic mass is 10.1. The first-order valence-electron chi connectivity index (χ1n) is 7.12. The van der Waals surface area contributed by atoms with E-state index in [0.717, 1.165) is 38.0 Å². The highest BCUT2D eigenvalue weighted by atomic mass is 35.5. The standard InChI is InChI=1S/C15H19ClN2O3/c1-20-10-21-15-13(16)3-2-4-14(15)18-11-5-6-12(18)8-17(7-11)9-19/h2-4,9,11-12H,5-8,10H2,1H3. The van der Waals surface area contributed by atoms with Crippen LogP contribution in [0.25, 0.3) is 0 Å². The highest BCUT2D eigenvalue weighted by Crippen LogP contribution is 2.42. The maximum atomic E-state index is 11.0. The number of benzene rings is 1. The molecule has 1 aromatic carbocycles. The van der Waals surface area contributed by atoms with Crippen LogP contribution < -0.4 is 9.64 Å². The van der Waals surface area contributed by atoms with Crippen molar-refractivity contribution >= 4 is 23.7 Å². The molecule has 114 valence electrons. The smallest absolute Gasteiger partial charge is 0.209 e. The zero-order chi connectivity index (χ0) is 14.8. The number of methoxy groups -OCH3 is 1. The van der Waals surface area contributed by atoms with Crippen LogP contribution in [0.5, 0.6) is 5.75 Å².